The van der Waals surface area contributed by atoms with Gasteiger partial charge in [0.05, 0.1) is 5.56 Å². The van der Waals surface area contributed by atoms with E-state index in [-0.39, 0.29) is 5.97 Å². The second-order valence-corrected chi connectivity index (χ2v) is 11.4. The van der Waals surface area contributed by atoms with Crippen LogP contribution in [0, 0.1) is 13.8 Å². The molecule has 0 saturated carbocycles. The van der Waals surface area contributed by atoms with Crippen LogP contribution in [0.3, 0.4) is 0 Å². The van der Waals surface area contributed by atoms with Gasteiger partial charge in [0.2, 0.25) is 0 Å². The number of fused-ring (bicyclic) bond motifs is 3. The van der Waals surface area contributed by atoms with Gasteiger partial charge in [-0.3, -0.25) is 0 Å². The number of aromatic nitrogens is 2. The van der Waals surface area contributed by atoms with Gasteiger partial charge in [0, 0.05) is 59.1 Å². The van der Waals surface area contributed by atoms with Crippen molar-refractivity contribution in [2.24, 2.45) is 0 Å². The molecule has 0 radical (unpaired) electrons. The Kier molecular flexibility index (Phi) is 7.04. The molecule has 0 N–H and O–H groups in total. The molecule has 1 aliphatic rings. The molecule has 40 heavy (non-hydrogen) atoms. The van der Waals surface area contributed by atoms with E-state index >= 15 is 0 Å². The maximum Gasteiger partial charge on any atom is 0.338 e. The van der Waals surface area contributed by atoms with Crippen molar-refractivity contribution in [3.8, 4) is 0 Å². The van der Waals surface area contributed by atoms with Crippen molar-refractivity contribution >= 4 is 27.8 Å². The SMILES string of the molecule is CCn1c(C)c(CCCCC2(Cc3c(C)n(CC)c4ccccc34)Cc3ccccc3C(=O)O2)c2ccccc21. The van der Waals surface area contributed by atoms with Crippen molar-refractivity contribution in [3.63, 3.8) is 0 Å². The van der Waals surface area contributed by atoms with E-state index in [0.29, 0.717) is 5.56 Å². The van der Waals surface area contributed by atoms with Crippen LogP contribution in [0.4, 0.5) is 0 Å². The van der Waals surface area contributed by atoms with E-state index in [9.17, 15) is 4.79 Å². The Morgan fingerprint density at radius 1 is 0.750 bits per heavy atom. The summed E-state index contributed by atoms with van der Waals surface area (Å²) in [6.45, 7) is 10.8. The lowest BCUT2D eigenvalue weighted by molar-refractivity contribution is -0.0301. The number of cyclic esters (lactones) is 1. The van der Waals surface area contributed by atoms with Gasteiger partial charge >= 0.3 is 5.97 Å². The quantitative estimate of drug-likeness (QED) is 0.141. The highest BCUT2D eigenvalue weighted by molar-refractivity contribution is 5.93. The van der Waals surface area contributed by atoms with E-state index < -0.39 is 5.60 Å². The summed E-state index contributed by atoms with van der Waals surface area (Å²) in [5.41, 5.74) is 9.29. The maximum absolute atomic E-state index is 13.4. The first-order chi connectivity index (χ1) is 19.5. The number of esters is 1. The molecule has 0 spiro atoms. The zero-order valence-electron chi connectivity index (χ0n) is 24.3. The van der Waals surface area contributed by atoms with Gasteiger partial charge in [0.25, 0.3) is 0 Å². The van der Waals surface area contributed by atoms with Crippen LogP contribution in [0.15, 0.2) is 72.8 Å². The van der Waals surface area contributed by atoms with E-state index in [1.807, 2.05) is 18.2 Å². The highest BCUT2D eigenvalue weighted by Crippen LogP contribution is 2.39. The molecule has 4 nitrogen and oxygen atoms in total. The first-order valence-electron chi connectivity index (χ1n) is 14.9. The smallest absolute Gasteiger partial charge is 0.338 e. The van der Waals surface area contributed by atoms with Crippen molar-refractivity contribution in [2.45, 2.75) is 84.9 Å². The lowest BCUT2D eigenvalue weighted by Crippen LogP contribution is -2.44. The summed E-state index contributed by atoms with van der Waals surface area (Å²) in [7, 11) is 0. The number of para-hydroxylation sites is 2. The Morgan fingerprint density at radius 3 is 2.00 bits per heavy atom. The van der Waals surface area contributed by atoms with Crippen molar-refractivity contribution in [3.05, 3.63) is 106 Å². The fourth-order valence-corrected chi connectivity index (χ4v) is 7.26. The molecular weight excluding hydrogens is 492 g/mol. The molecule has 206 valence electrons. The fourth-order valence-electron chi connectivity index (χ4n) is 7.26. The molecule has 0 saturated heterocycles. The first-order valence-corrected chi connectivity index (χ1v) is 14.9. The Morgan fingerprint density at radius 2 is 1.32 bits per heavy atom. The molecule has 0 aliphatic carbocycles. The van der Waals surface area contributed by atoms with Gasteiger partial charge in [-0.05, 0) is 88.3 Å². The van der Waals surface area contributed by atoms with Gasteiger partial charge in [-0.15, -0.1) is 0 Å². The molecule has 0 bridgehead atoms. The second-order valence-electron chi connectivity index (χ2n) is 11.4. The number of hydrogen-bond acceptors (Lipinski definition) is 2. The molecule has 1 aliphatic heterocycles. The maximum atomic E-state index is 13.4. The molecule has 4 heteroatoms. The number of unbranched alkanes of at least 4 members (excludes halogenated alkanes) is 1. The minimum Gasteiger partial charge on any atom is -0.455 e. The van der Waals surface area contributed by atoms with Crippen LogP contribution < -0.4 is 0 Å². The molecule has 0 fully saturated rings. The number of benzene rings is 3. The largest absolute Gasteiger partial charge is 0.455 e. The minimum atomic E-state index is -0.550. The van der Waals surface area contributed by atoms with Crippen LogP contribution >= 0.6 is 0 Å². The van der Waals surface area contributed by atoms with E-state index in [1.165, 1.54) is 44.3 Å². The number of rotatable bonds is 9. The highest BCUT2D eigenvalue weighted by atomic mass is 16.6. The van der Waals surface area contributed by atoms with Gasteiger partial charge in [-0.1, -0.05) is 54.6 Å². The third-order valence-electron chi connectivity index (χ3n) is 9.22. The van der Waals surface area contributed by atoms with Crippen molar-refractivity contribution in [1.82, 2.24) is 9.13 Å². The number of nitrogens with zero attached hydrogens (tertiary/aromatic N) is 2. The lowest BCUT2D eigenvalue weighted by Gasteiger charge is -2.38. The summed E-state index contributed by atoms with van der Waals surface area (Å²) in [6.07, 6.45) is 5.45. The molecule has 0 amide bonds. The van der Waals surface area contributed by atoms with Crippen LogP contribution in [0.25, 0.3) is 21.8 Å². The third-order valence-corrected chi connectivity index (χ3v) is 9.22. The normalized spacial score (nSPS) is 16.9. The summed E-state index contributed by atoms with van der Waals surface area (Å²) in [5, 5.41) is 2.65. The zero-order chi connectivity index (χ0) is 27.9. The molecule has 2 aromatic heterocycles. The van der Waals surface area contributed by atoms with Crippen LogP contribution in [0.1, 0.15) is 71.5 Å². The van der Waals surface area contributed by atoms with Crippen LogP contribution in [-0.2, 0) is 37.1 Å². The monoisotopic (exact) mass is 532 g/mol. The number of hydrogen-bond donors (Lipinski definition) is 0. The van der Waals surface area contributed by atoms with Crippen molar-refractivity contribution in [1.29, 1.82) is 0 Å². The molecule has 1 unspecified atom stereocenters. The Hall–Kier alpha value is -3.79. The number of carbonyl (C=O) groups excluding carboxylic acids is 1. The number of carbonyl (C=O) groups is 1. The van der Waals surface area contributed by atoms with Gasteiger partial charge in [-0.25, -0.2) is 4.79 Å². The average Bonchev–Trinajstić information content (AvgIpc) is 3.40. The fraction of sp³-hybridized carbons (Fsp3) is 0.361. The Labute approximate surface area is 237 Å². The minimum absolute atomic E-state index is 0.180. The van der Waals surface area contributed by atoms with Gasteiger partial charge in [0.1, 0.15) is 5.60 Å². The predicted molar refractivity (Wildman–Crippen MR) is 164 cm³/mol. The molecule has 1 atom stereocenters. The van der Waals surface area contributed by atoms with Crippen LogP contribution in [-0.4, -0.2) is 20.7 Å². The molecule has 3 aromatic carbocycles. The highest BCUT2D eigenvalue weighted by Gasteiger charge is 2.41. The van der Waals surface area contributed by atoms with Crippen molar-refractivity contribution in [2.75, 3.05) is 0 Å². The van der Waals surface area contributed by atoms with Crippen molar-refractivity contribution < 1.29 is 9.53 Å². The third kappa shape index (κ3) is 4.44. The molecular formula is C36H40N2O2. The first kappa shape index (κ1) is 26.4. The van der Waals surface area contributed by atoms with E-state index in [0.717, 1.165) is 57.2 Å². The Balaban J connectivity index is 1.30. The van der Waals surface area contributed by atoms with E-state index in [4.69, 9.17) is 4.74 Å². The van der Waals surface area contributed by atoms with Gasteiger partial charge < -0.3 is 13.9 Å². The second kappa shape index (κ2) is 10.6. The van der Waals surface area contributed by atoms with Gasteiger partial charge in [-0.2, -0.15) is 0 Å². The molecule has 6 rings (SSSR count). The Bertz CT molecular complexity index is 1710. The van der Waals surface area contributed by atoms with Crippen LogP contribution in [0.5, 0.6) is 0 Å². The number of ether oxygens (including phenoxy) is 1. The summed E-state index contributed by atoms with van der Waals surface area (Å²) >= 11 is 0. The summed E-state index contributed by atoms with van der Waals surface area (Å²) in [6, 6.07) is 25.4. The lowest BCUT2D eigenvalue weighted by atomic mass is 9.80. The predicted octanol–water partition coefficient (Wildman–Crippen LogP) is 8.36. The molecule has 3 heterocycles. The number of aryl methyl sites for hydroxylation is 3. The van der Waals surface area contributed by atoms with Gasteiger partial charge in [0.15, 0.2) is 0 Å². The van der Waals surface area contributed by atoms with E-state index in [1.54, 1.807) is 0 Å². The topological polar surface area (TPSA) is 36.2 Å². The average molecular weight is 533 g/mol. The summed E-state index contributed by atoms with van der Waals surface area (Å²) in [5.74, 6) is -0.180. The van der Waals surface area contributed by atoms with Crippen LogP contribution in [0.2, 0.25) is 0 Å². The molecule has 5 aromatic rings. The summed E-state index contributed by atoms with van der Waals surface area (Å²) in [4.78, 5) is 13.4. The van der Waals surface area contributed by atoms with E-state index in [2.05, 4.69) is 91.4 Å². The summed E-state index contributed by atoms with van der Waals surface area (Å²) < 4.78 is 11.3. The standard InChI is InChI=1S/C36H40N2O2/c1-5-37-25(3)28(30-18-9-11-20-33(30)37)16-13-14-22-36(23-27-15-7-8-17-29(27)35(39)40-36)24-32-26(4)38(6-2)34-21-12-10-19-31(32)34/h7-12,15,17-21H,5-6,13-14,16,22-24H2,1-4H3. The zero-order valence-corrected chi connectivity index (χ0v) is 24.3.